The Morgan fingerprint density at radius 2 is 2.37 bits per heavy atom. The molecule has 1 aliphatic rings. The molecule has 0 aliphatic heterocycles. The maximum atomic E-state index is 12.1. The highest BCUT2D eigenvalue weighted by Gasteiger charge is 2.23. The van der Waals surface area contributed by atoms with Crippen molar-refractivity contribution < 1.29 is 4.79 Å². The zero-order chi connectivity index (χ0) is 13.2. The van der Waals surface area contributed by atoms with Gasteiger partial charge in [0.2, 0.25) is 0 Å². The van der Waals surface area contributed by atoms with Gasteiger partial charge >= 0.3 is 0 Å². The number of hydrogen-bond donors (Lipinski definition) is 1. The fourth-order valence-electron chi connectivity index (χ4n) is 2.32. The summed E-state index contributed by atoms with van der Waals surface area (Å²) in [4.78, 5) is 21.4. The molecule has 0 radical (unpaired) electrons. The Balaban J connectivity index is 1.78. The van der Waals surface area contributed by atoms with Crippen LogP contribution in [-0.2, 0) is 6.42 Å². The molecule has 0 spiro atoms. The molecular formula is C13H12ClN3OS. The summed E-state index contributed by atoms with van der Waals surface area (Å²) < 4.78 is 0. The summed E-state index contributed by atoms with van der Waals surface area (Å²) >= 11 is 7.50. The van der Waals surface area contributed by atoms with E-state index in [0.717, 1.165) is 19.3 Å². The predicted molar refractivity (Wildman–Crippen MR) is 74.5 cm³/mol. The van der Waals surface area contributed by atoms with Gasteiger partial charge in [-0.15, -0.1) is 11.3 Å². The van der Waals surface area contributed by atoms with Crippen molar-refractivity contribution in [3.05, 3.63) is 45.1 Å². The van der Waals surface area contributed by atoms with Crippen molar-refractivity contribution >= 4 is 28.8 Å². The highest BCUT2D eigenvalue weighted by Crippen LogP contribution is 2.33. The Hall–Kier alpha value is -1.46. The van der Waals surface area contributed by atoms with Crippen LogP contribution < -0.4 is 5.32 Å². The maximum absolute atomic E-state index is 12.1. The van der Waals surface area contributed by atoms with E-state index in [9.17, 15) is 4.79 Å². The van der Waals surface area contributed by atoms with Gasteiger partial charge in [-0.2, -0.15) is 0 Å². The van der Waals surface area contributed by atoms with Gasteiger partial charge in [0, 0.05) is 4.88 Å². The lowest BCUT2D eigenvalue weighted by Gasteiger charge is -2.23. The first-order chi connectivity index (χ1) is 9.24. The third-order valence-electron chi connectivity index (χ3n) is 3.20. The van der Waals surface area contributed by atoms with Crippen LogP contribution in [0.2, 0.25) is 5.15 Å². The monoisotopic (exact) mass is 293 g/mol. The fraction of sp³-hybridized carbons (Fsp3) is 0.308. The smallest absolute Gasteiger partial charge is 0.272 e. The van der Waals surface area contributed by atoms with Crippen molar-refractivity contribution in [2.45, 2.75) is 25.3 Å². The second-order valence-corrected chi connectivity index (χ2v) is 5.83. The predicted octanol–water partition coefficient (Wildman–Crippen LogP) is 3.00. The highest BCUT2D eigenvalue weighted by atomic mass is 35.5. The minimum atomic E-state index is -0.223. The zero-order valence-electron chi connectivity index (χ0n) is 10.1. The molecule has 2 heterocycles. The molecule has 0 aromatic carbocycles. The summed E-state index contributed by atoms with van der Waals surface area (Å²) in [6, 6.07) is 2.16. The topological polar surface area (TPSA) is 54.9 Å². The number of nitrogens with one attached hydrogen (secondary N) is 1. The molecule has 2 aromatic heterocycles. The lowest BCUT2D eigenvalue weighted by atomic mass is 9.94. The number of carbonyl (C=O) groups excluding carboxylic acids is 1. The van der Waals surface area contributed by atoms with Gasteiger partial charge in [-0.05, 0) is 36.3 Å². The lowest BCUT2D eigenvalue weighted by Crippen LogP contribution is -2.31. The van der Waals surface area contributed by atoms with Gasteiger partial charge in [0.1, 0.15) is 10.8 Å². The van der Waals surface area contributed by atoms with Gasteiger partial charge in [0.05, 0.1) is 18.4 Å². The molecule has 0 saturated heterocycles. The van der Waals surface area contributed by atoms with Gasteiger partial charge < -0.3 is 5.32 Å². The molecule has 0 saturated carbocycles. The first-order valence-corrected chi connectivity index (χ1v) is 7.34. The van der Waals surface area contributed by atoms with Crippen LogP contribution in [0.1, 0.15) is 39.8 Å². The normalized spacial score (nSPS) is 17.8. The number of hydrogen-bond acceptors (Lipinski definition) is 4. The number of rotatable bonds is 2. The standard InChI is InChI=1S/C13H12ClN3OS/c14-12-7-15-6-10(16-12)13(18)17-9-2-1-3-11-8(9)4-5-19-11/h4-7,9H,1-3H2,(H,17,18). The lowest BCUT2D eigenvalue weighted by molar-refractivity contribution is 0.0927. The highest BCUT2D eigenvalue weighted by molar-refractivity contribution is 7.10. The molecule has 0 fully saturated rings. The van der Waals surface area contributed by atoms with Crippen molar-refractivity contribution in [2.24, 2.45) is 0 Å². The van der Waals surface area contributed by atoms with Crippen LogP contribution in [0, 0.1) is 0 Å². The van der Waals surface area contributed by atoms with Gasteiger partial charge in [0.25, 0.3) is 5.91 Å². The average Bonchev–Trinajstić information content (AvgIpc) is 2.88. The van der Waals surface area contributed by atoms with E-state index in [-0.39, 0.29) is 22.8 Å². The Morgan fingerprint density at radius 1 is 1.47 bits per heavy atom. The number of fused-ring (bicyclic) bond motifs is 1. The number of nitrogens with zero attached hydrogens (tertiary/aromatic N) is 2. The number of halogens is 1. The molecule has 1 N–H and O–H groups in total. The molecule has 98 valence electrons. The molecule has 6 heteroatoms. The van der Waals surface area contributed by atoms with E-state index in [2.05, 4.69) is 26.7 Å². The van der Waals surface area contributed by atoms with Crippen molar-refractivity contribution in [3.63, 3.8) is 0 Å². The third kappa shape index (κ3) is 2.62. The van der Waals surface area contributed by atoms with Crippen LogP contribution in [0.25, 0.3) is 0 Å². The average molecular weight is 294 g/mol. The van der Waals surface area contributed by atoms with E-state index in [0.29, 0.717) is 0 Å². The number of amides is 1. The summed E-state index contributed by atoms with van der Waals surface area (Å²) in [5.41, 5.74) is 1.49. The van der Waals surface area contributed by atoms with Crippen LogP contribution in [0.4, 0.5) is 0 Å². The second kappa shape index (κ2) is 5.27. The van der Waals surface area contributed by atoms with Crippen LogP contribution in [-0.4, -0.2) is 15.9 Å². The third-order valence-corrected chi connectivity index (χ3v) is 4.37. The minimum Gasteiger partial charge on any atom is -0.344 e. The second-order valence-electron chi connectivity index (χ2n) is 4.44. The largest absolute Gasteiger partial charge is 0.344 e. The number of aromatic nitrogens is 2. The van der Waals surface area contributed by atoms with Crippen molar-refractivity contribution in [1.82, 2.24) is 15.3 Å². The van der Waals surface area contributed by atoms with E-state index >= 15 is 0 Å². The summed E-state index contributed by atoms with van der Waals surface area (Å²) in [6.45, 7) is 0. The summed E-state index contributed by atoms with van der Waals surface area (Å²) in [6.07, 6.45) is 6.01. The van der Waals surface area contributed by atoms with E-state index in [4.69, 9.17) is 11.6 Å². The summed E-state index contributed by atoms with van der Waals surface area (Å²) in [7, 11) is 0. The molecule has 0 bridgehead atoms. The molecule has 2 aromatic rings. The van der Waals surface area contributed by atoms with E-state index < -0.39 is 0 Å². The minimum absolute atomic E-state index is 0.0725. The molecule has 4 nitrogen and oxygen atoms in total. The SMILES string of the molecule is O=C(NC1CCCc2sccc21)c1cncc(Cl)n1. The van der Waals surface area contributed by atoms with Gasteiger partial charge in [-0.3, -0.25) is 9.78 Å². The van der Waals surface area contributed by atoms with Crippen LogP contribution in [0.15, 0.2) is 23.8 Å². The Bertz CT molecular complexity index is 613. The molecule has 3 rings (SSSR count). The van der Waals surface area contributed by atoms with Crippen LogP contribution >= 0.6 is 22.9 Å². The summed E-state index contributed by atoms with van der Waals surface area (Å²) in [5.74, 6) is -0.223. The Labute approximate surface area is 119 Å². The van der Waals surface area contributed by atoms with E-state index in [1.165, 1.54) is 22.8 Å². The zero-order valence-corrected chi connectivity index (χ0v) is 11.7. The van der Waals surface area contributed by atoms with Gasteiger partial charge in [0.15, 0.2) is 0 Å². The number of aryl methyl sites for hydroxylation is 1. The van der Waals surface area contributed by atoms with Crippen LogP contribution in [0.5, 0.6) is 0 Å². The first-order valence-electron chi connectivity index (χ1n) is 6.09. The Morgan fingerprint density at radius 3 is 3.21 bits per heavy atom. The maximum Gasteiger partial charge on any atom is 0.272 e. The van der Waals surface area contributed by atoms with Crippen molar-refractivity contribution in [1.29, 1.82) is 0 Å². The Kier molecular flexibility index (Phi) is 3.48. The van der Waals surface area contributed by atoms with Crippen LogP contribution in [0.3, 0.4) is 0 Å². The quantitative estimate of drug-likeness (QED) is 0.926. The molecule has 19 heavy (non-hydrogen) atoms. The van der Waals surface area contributed by atoms with E-state index in [1.807, 2.05) is 0 Å². The number of thiophene rings is 1. The fourth-order valence-corrected chi connectivity index (χ4v) is 3.46. The molecule has 1 aliphatic carbocycles. The molecular weight excluding hydrogens is 282 g/mol. The molecule has 1 unspecified atom stereocenters. The molecule has 1 atom stereocenters. The van der Waals surface area contributed by atoms with Gasteiger partial charge in [-0.25, -0.2) is 4.98 Å². The first kappa shape index (κ1) is 12.6. The summed E-state index contributed by atoms with van der Waals surface area (Å²) in [5, 5.41) is 5.32. The van der Waals surface area contributed by atoms with E-state index in [1.54, 1.807) is 11.3 Å². The van der Waals surface area contributed by atoms with Gasteiger partial charge in [-0.1, -0.05) is 11.6 Å². The van der Waals surface area contributed by atoms with Crippen molar-refractivity contribution in [3.8, 4) is 0 Å². The number of carbonyl (C=O) groups is 1. The van der Waals surface area contributed by atoms with Crippen molar-refractivity contribution in [2.75, 3.05) is 0 Å². The molecule has 1 amide bonds.